The zero-order valence-corrected chi connectivity index (χ0v) is 21.7. The monoisotopic (exact) mass is 541 g/mol. The molecule has 2 aliphatic rings. The third-order valence-electron chi connectivity index (χ3n) is 7.50. The van der Waals surface area contributed by atoms with Crippen molar-refractivity contribution in [3.8, 4) is 0 Å². The quantitative estimate of drug-likeness (QED) is 0.268. The van der Waals surface area contributed by atoms with Gasteiger partial charge in [-0.15, -0.1) is 0 Å². The molecule has 1 unspecified atom stereocenters. The Bertz CT molecular complexity index is 1240. The summed E-state index contributed by atoms with van der Waals surface area (Å²) >= 11 is 0. The Morgan fingerprint density at radius 1 is 0.974 bits per heavy atom. The third-order valence-corrected chi connectivity index (χ3v) is 7.50. The maximum absolute atomic E-state index is 13.3. The van der Waals surface area contributed by atoms with Gasteiger partial charge in [0.05, 0.1) is 0 Å². The molecule has 5 rings (SSSR count). The van der Waals surface area contributed by atoms with E-state index in [1.54, 1.807) is 4.90 Å². The number of carboxylic acid groups (broad SMARTS) is 1. The van der Waals surface area contributed by atoms with Crippen LogP contribution in [-0.2, 0) is 9.59 Å². The number of likely N-dealkylation sites (tertiary alicyclic amines) is 1. The molecule has 0 radical (unpaired) electrons. The lowest BCUT2D eigenvalue weighted by molar-refractivity contribution is -0.142. The van der Waals surface area contributed by atoms with Gasteiger partial charge in [-0.3, -0.25) is 9.59 Å². The second kappa shape index (κ2) is 13.5. The number of nitrogens with zero attached hydrogens (tertiary/aromatic N) is 1. The number of carboxylic acids is 1. The van der Waals surface area contributed by atoms with Crippen LogP contribution in [0.25, 0.3) is 17.0 Å². The van der Waals surface area contributed by atoms with Crippen LogP contribution in [0.1, 0.15) is 50.5 Å². The van der Waals surface area contributed by atoms with Gasteiger partial charge < -0.3 is 20.3 Å². The van der Waals surface area contributed by atoms with Crippen LogP contribution in [0.2, 0.25) is 0 Å². The number of amides is 1. The predicted molar refractivity (Wildman–Crippen MR) is 144 cm³/mol. The number of hydrogen-bond donors (Lipinski definition) is 3. The number of fused-ring (bicyclic) bond motifs is 1. The smallest absolute Gasteiger partial charge is 0.320 e. The number of aliphatic carboxylic acids is 1. The SMILES string of the molecule is O=C(O)C(NC1CCCCC1)C1CCN(C(=O)/C=C/c2cc(F)c(F)c(F)c2)CC1.c1ccc2[nH]ccc2c1. The van der Waals surface area contributed by atoms with E-state index in [2.05, 4.69) is 28.5 Å². The number of carbonyl (C=O) groups is 2. The highest BCUT2D eigenvalue weighted by Gasteiger charge is 2.33. The molecule has 2 heterocycles. The van der Waals surface area contributed by atoms with Crippen LogP contribution in [0.5, 0.6) is 0 Å². The van der Waals surface area contributed by atoms with E-state index in [1.165, 1.54) is 29.5 Å². The van der Waals surface area contributed by atoms with Crippen molar-refractivity contribution in [3.63, 3.8) is 0 Å². The van der Waals surface area contributed by atoms with Crippen LogP contribution in [0.3, 0.4) is 0 Å². The van der Waals surface area contributed by atoms with Crippen LogP contribution in [0, 0.1) is 23.4 Å². The molecule has 1 aliphatic carbocycles. The van der Waals surface area contributed by atoms with E-state index in [0.717, 1.165) is 37.8 Å². The van der Waals surface area contributed by atoms with Gasteiger partial charge >= 0.3 is 5.97 Å². The minimum Gasteiger partial charge on any atom is -0.480 e. The van der Waals surface area contributed by atoms with Crippen molar-refractivity contribution in [2.45, 2.75) is 57.0 Å². The summed E-state index contributed by atoms with van der Waals surface area (Å²) in [6.07, 6.45) is 10.9. The molecule has 208 valence electrons. The van der Waals surface area contributed by atoms with Crippen LogP contribution < -0.4 is 5.32 Å². The molecule has 1 amide bonds. The minimum atomic E-state index is -1.55. The van der Waals surface area contributed by atoms with E-state index in [-0.39, 0.29) is 23.4 Å². The van der Waals surface area contributed by atoms with Crippen molar-refractivity contribution in [1.29, 1.82) is 0 Å². The lowest BCUT2D eigenvalue weighted by Crippen LogP contribution is -2.51. The normalized spacial score (nSPS) is 17.7. The standard InChI is InChI=1S/C22H27F3N2O3.C8H7N/c23-17-12-14(13-18(24)20(17)25)6-7-19(28)27-10-8-15(9-11-27)21(22(29)30)26-16-4-2-1-3-5-16;1-2-4-8-7(3-1)5-6-9-8/h6-7,12-13,15-16,21,26H,1-5,8-11H2,(H,29,30);1-6,9H/b7-6+;. The Labute approximate surface area is 225 Å². The number of halogens is 3. The number of rotatable bonds is 6. The summed E-state index contributed by atoms with van der Waals surface area (Å²) in [5, 5.41) is 14.3. The fraction of sp³-hybridized carbons (Fsp3) is 0.400. The van der Waals surface area contributed by atoms with Gasteiger partial charge in [0, 0.05) is 36.9 Å². The molecule has 39 heavy (non-hydrogen) atoms. The molecular weight excluding hydrogens is 507 g/mol. The summed E-state index contributed by atoms with van der Waals surface area (Å²) in [5.41, 5.74) is 1.26. The van der Waals surface area contributed by atoms with Crippen molar-refractivity contribution in [2.75, 3.05) is 13.1 Å². The van der Waals surface area contributed by atoms with E-state index in [4.69, 9.17) is 0 Å². The molecular formula is C30H34F3N3O3. The van der Waals surface area contributed by atoms with Gasteiger partial charge in [0.25, 0.3) is 0 Å². The van der Waals surface area contributed by atoms with E-state index in [9.17, 15) is 27.9 Å². The molecule has 1 atom stereocenters. The maximum atomic E-state index is 13.3. The summed E-state index contributed by atoms with van der Waals surface area (Å²) in [6, 6.07) is 11.5. The first-order chi connectivity index (χ1) is 18.8. The molecule has 6 nitrogen and oxygen atoms in total. The number of nitrogens with one attached hydrogen (secondary N) is 2. The first kappa shape index (κ1) is 28.4. The van der Waals surface area contributed by atoms with E-state index < -0.39 is 29.5 Å². The van der Waals surface area contributed by atoms with Crippen molar-refractivity contribution in [3.05, 3.63) is 77.8 Å². The second-order valence-corrected chi connectivity index (χ2v) is 10.2. The molecule has 1 saturated heterocycles. The fourth-order valence-electron chi connectivity index (χ4n) is 5.32. The van der Waals surface area contributed by atoms with E-state index in [1.807, 2.05) is 18.3 Å². The number of H-pyrrole nitrogens is 1. The lowest BCUT2D eigenvalue weighted by Gasteiger charge is -2.36. The predicted octanol–water partition coefficient (Wildman–Crippen LogP) is 5.90. The highest BCUT2D eigenvalue weighted by atomic mass is 19.2. The number of para-hydroxylation sites is 1. The summed E-state index contributed by atoms with van der Waals surface area (Å²) in [6.45, 7) is 0.826. The first-order valence-electron chi connectivity index (χ1n) is 13.4. The second-order valence-electron chi connectivity index (χ2n) is 10.2. The third kappa shape index (κ3) is 7.72. The van der Waals surface area contributed by atoms with Gasteiger partial charge in [-0.2, -0.15) is 0 Å². The number of hydrogen-bond acceptors (Lipinski definition) is 3. The molecule has 1 aliphatic heterocycles. The van der Waals surface area contributed by atoms with E-state index >= 15 is 0 Å². The van der Waals surface area contributed by atoms with Crippen molar-refractivity contribution < 1.29 is 27.9 Å². The zero-order valence-electron chi connectivity index (χ0n) is 21.7. The summed E-state index contributed by atoms with van der Waals surface area (Å²) in [5.74, 6) is -5.41. The Hall–Kier alpha value is -3.59. The molecule has 0 bridgehead atoms. The lowest BCUT2D eigenvalue weighted by atomic mass is 9.87. The number of piperidine rings is 1. The van der Waals surface area contributed by atoms with Gasteiger partial charge in [0.15, 0.2) is 17.5 Å². The van der Waals surface area contributed by atoms with Gasteiger partial charge in [0.2, 0.25) is 5.91 Å². The highest BCUT2D eigenvalue weighted by Crippen LogP contribution is 2.25. The minimum absolute atomic E-state index is 0.0530. The highest BCUT2D eigenvalue weighted by molar-refractivity contribution is 5.91. The van der Waals surface area contributed by atoms with Crippen LogP contribution >= 0.6 is 0 Å². The first-order valence-corrected chi connectivity index (χ1v) is 13.4. The molecule has 2 aromatic carbocycles. The number of carbonyl (C=O) groups excluding carboxylic acids is 1. The summed E-state index contributed by atoms with van der Waals surface area (Å²) in [4.78, 5) is 28.9. The zero-order chi connectivity index (χ0) is 27.8. The average molecular weight is 542 g/mol. The van der Waals surface area contributed by atoms with Gasteiger partial charge in [0.1, 0.15) is 6.04 Å². The number of aromatic nitrogens is 1. The Morgan fingerprint density at radius 3 is 2.28 bits per heavy atom. The Balaban J connectivity index is 0.000000327. The van der Waals surface area contributed by atoms with Gasteiger partial charge in [-0.1, -0.05) is 37.5 Å². The summed E-state index contributed by atoms with van der Waals surface area (Å²) in [7, 11) is 0. The van der Waals surface area contributed by atoms with Crippen LogP contribution in [0.4, 0.5) is 13.2 Å². The van der Waals surface area contributed by atoms with Crippen molar-refractivity contribution >= 4 is 28.9 Å². The molecule has 9 heteroatoms. The fourth-order valence-corrected chi connectivity index (χ4v) is 5.32. The molecule has 3 N–H and O–H groups in total. The largest absolute Gasteiger partial charge is 0.480 e. The van der Waals surface area contributed by atoms with Crippen LogP contribution in [0.15, 0.2) is 54.7 Å². The maximum Gasteiger partial charge on any atom is 0.320 e. The Kier molecular flexibility index (Phi) is 9.81. The van der Waals surface area contributed by atoms with Gasteiger partial charge in [-0.05, 0) is 72.9 Å². The molecule has 1 saturated carbocycles. The number of benzene rings is 2. The van der Waals surface area contributed by atoms with Crippen molar-refractivity contribution in [2.24, 2.45) is 5.92 Å². The van der Waals surface area contributed by atoms with E-state index in [0.29, 0.717) is 25.9 Å². The van der Waals surface area contributed by atoms with Gasteiger partial charge in [-0.25, -0.2) is 13.2 Å². The van der Waals surface area contributed by atoms with Crippen LogP contribution in [-0.4, -0.2) is 52.0 Å². The average Bonchev–Trinajstić information content (AvgIpc) is 3.43. The molecule has 1 aromatic heterocycles. The molecule has 0 spiro atoms. The molecule has 3 aromatic rings. The Morgan fingerprint density at radius 2 is 1.64 bits per heavy atom. The summed E-state index contributed by atoms with van der Waals surface area (Å²) < 4.78 is 39.6. The van der Waals surface area contributed by atoms with Crippen molar-refractivity contribution in [1.82, 2.24) is 15.2 Å². The topological polar surface area (TPSA) is 85.4 Å². The molecule has 2 fully saturated rings. The number of aromatic amines is 1.